The minimum absolute atomic E-state index is 0.0704. The maximum Gasteiger partial charge on any atom is 0.243 e. The Hall–Kier alpha value is -2.24. The molecule has 1 saturated heterocycles. The Bertz CT molecular complexity index is 911. The fraction of sp³-hybridized carbons (Fsp3) is 0.438. The number of aromatic nitrogens is 2. The first-order valence-corrected chi connectivity index (χ1v) is 9.36. The second-order valence-electron chi connectivity index (χ2n) is 6.25. The summed E-state index contributed by atoms with van der Waals surface area (Å²) in [6, 6.07) is 8.06. The van der Waals surface area contributed by atoms with E-state index in [1.54, 1.807) is 12.1 Å². The molecular weight excluding hydrogens is 328 g/mol. The maximum absolute atomic E-state index is 12.8. The molecule has 4 rings (SSSR count). The molecule has 7 nitrogen and oxygen atoms in total. The third kappa shape index (κ3) is 2.70. The van der Waals surface area contributed by atoms with Gasteiger partial charge in [-0.1, -0.05) is 11.2 Å². The van der Waals surface area contributed by atoms with Gasteiger partial charge in [-0.05, 0) is 37.5 Å². The van der Waals surface area contributed by atoms with Crippen LogP contribution >= 0.6 is 0 Å². The first-order valence-electron chi connectivity index (χ1n) is 7.92. The second kappa shape index (κ2) is 5.69. The molecule has 124 valence electrons. The maximum atomic E-state index is 12.8. The van der Waals surface area contributed by atoms with Crippen LogP contribution in [-0.4, -0.2) is 36.0 Å². The molecule has 0 unspecified atom stereocenters. The van der Waals surface area contributed by atoms with Crippen molar-refractivity contribution in [2.75, 3.05) is 13.1 Å². The van der Waals surface area contributed by atoms with E-state index in [1.165, 1.54) is 16.4 Å². The fourth-order valence-electron chi connectivity index (χ4n) is 2.94. The third-order valence-electron chi connectivity index (χ3n) is 4.50. The predicted octanol–water partition coefficient (Wildman–Crippen LogP) is 2.00. The molecule has 1 atom stereocenters. The SMILES string of the molecule is N#Cc1cccc(S(=O)(=O)N2CC[C@@H](c3nc(C4CC4)no3)C2)c1. The molecule has 1 saturated carbocycles. The van der Waals surface area contributed by atoms with Gasteiger partial charge < -0.3 is 4.52 Å². The monoisotopic (exact) mass is 344 g/mol. The summed E-state index contributed by atoms with van der Waals surface area (Å²) in [6.45, 7) is 0.732. The van der Waals surface area contributed by atoms with Crippen LogP contribution in [0.4, 0.5) is 0 Å². The lowest BCUT2D eigenvalue weighted by atomic mass is 10.1. The Balaban J connectivity index is 1.53. The molecule has 0 radical (unpaired) electrons. The van der Waals surface area contributed by atoms with E-state index in [1.807, 2.05) is 6.07 Å². The minimum atomic E-state index is -3.62. The smallest absolute Gasteiger partial charge is 0.243 e. The Morgan fingerprint density at radius 1 is 1.25 bits per heavy atom. The van der Waals surface area contributed by atoms with Crippen LogP contribution in [0.3, 0.4) is 0 Å². The van der Waals surface area contributed by atoms with Crippen molar-refractivity contribution in [3.63, 3.8) is 0 Å². The highest BCUT2D eigenvalue weighted by Gasteiger charge is 2.37. The van der Waals surface area contributed by atoms with Crippen molar-refractivity contribution in [3.8, 4) is 6.07 Å². The summed E-state index contributed by atoms with van der Waals surface area (Å²) in [6.07, 6.45) is 2.85. The number of hydrogen-bond donors (Lipinski definition) is 0. The van der Waals surface area contributed by atoms with Gasteiger partial charge in [0.2, 0.25) is 15.9 Å². The summed E-state index contributed by atoms with van der Waals surface area (Å²) < 4.78 is 32.3. The van der Waals surface area contributed by atoms with Crippen molar-refractivity contribution in [2.24, 2.45) is 0 Å². The zero-order chi connectivity index (χ0) is 16.7. The average molecular weight is 344 g/mol. The van der Waals surface area contributed by atoms with Gasteiger partial charge in [0, 0.05) is 19.0 Å². The van der Waals surface area contributed by atoms with Gasteiger partial charge in [-0.25, -0.2) is 8.42 Å². The second-order valence-corrected chi connectivity index (χ2v) is 8.19. The normalized spacial score (nSPS) is 21.7. The summed E-state index contributed by atoms with van der Waals surface area (Å²) in [5.74, 6) is 1.62. The Kier molecular flexibility index (Phi) is 3.62. The molecule has 0 spiro atoms. The summed E-state index contributed by atoms with van der Waals surface area (Å²) in [5, 5.41) is 13.0. The third-order valence-corrected chi connectivity index (χ3v) is 6.36. The molecule has 2 aromatic rings. The van der Waals surface area contributed by atoms with Gasteiger partial charge in [0.25, 0.3) is 0 Å². The highest BCUT2D eigenvalue weighted by atomic mass is 32.2. The molecule has 2 heterocycles. The van der Waals surface area contributed by atoms with E-state index >= 15 is 0 Å². The summed E-state index contributed by atoms with van der Waals surface area (Å²) in [4.78, 5) is 4.57. The van der Waals surface area contributed by atoms with E-state index in [-0.39, 0.29) is 10.8 Å². The van der Waals surface area contributed by atoms with Gasteiger partial charge in [-0.3, -0.25) is 0 Å². The lowest BCUT2D eigenvalue weighted by Crippen LogP contribution is -2.28. The van der Waals surface area contributed by atoms with Crippen LogP contribution in [0.2, 0.25) is 0 Å². The van der Waals surface area contributed by atoms with Gasteiger partial charge in [0.1, 0.15) is 0 Å². The van der Waals surface area contributed by atoms with Crippen molar-refractivity contribution < 1.29 is 12.9 Å². The number of nitriles is 1. The number of hydrogen-bond acceptors (Lipinski definition) is 6. The standard InChI is InChI=1S/C16H16N4O3S/c17-9-11-2-1-3-14(8-11)24(21,22)20-7-6-13(10-20)16-18-15(19-23-16)12-4-5-12/h1-3,8,12-13H,4-7,10H2/t13-/m1/s1. The highest BCUT2D eigenvalue weighted by Crippen LogP contribution is 2.39. The molecule has 2 fully saturated rings. The van der Waals surface area contributed by atoms with Gasteiger partial charge in [-0.2, -0.15) is 14.6 Å². The first-order chi connectivity index (χ1) is 11.6. The van der Waals surface area contributed by atoms with Crippen LogP contribution in [0, 0.1) is 11.3 Å². The van der Waals surface area contributed by atoms with E-state index in [4.69, 9.17) is 9.78 Å². The Labute approximate surface area is 139 Å². The number of nitrogens with zero attached hydrogens (tertiary/aromatic N) is 4. The molecule has 0 N–H and O–H groups in total. The van der Waals surface area contributed by atoms with E-state index in [9.17, 15) is 8.42 Å². The molecule has 0 bridgehead atoms. The molecule has 24 heavy (non-hydrogen) atoms. The van der Waals surface area contributed by atoms with E-state index < -0.39 is 10.0 Å². The fourth-order valence-corrected chi connectivity index (χ4v) is 4.49. The largest absolute Gasteiger partial charge is 0.339 e. The van der Waals surface area contributed by atoms with Crippen LogP contribution < -0.4 is 0 Å². The van der Waals surface area contributed by atoms with Crippen LogP contribution in [-0.2, 0) is 10.0 Å². The van der Waals surface area contributed by atoms with Crippen molar-refractivity contribution in [1.82, 2.24) is 14.4 Å². The molecule has 1 aromatic heterocycles. The summed E-state index contributed by atoms with van der Waals surface area (Å²) in [5.41, 5.74) is 0.331. The van der Waals surface area contributed by atoms with E-state index in [0.29, 0.717) is 36.9 Å². The zero-order valence-corrected chi connectivity index (χ0v) is 13.7. The van der Waals surface area contributed by atoms with E-state index in [0.717, 1.165) is 18.7 Å². The first kappa shape index (κ1) is 15.3. The predicted molar refractivity (Wildman–Crippen MR) is 83.5 cm³/mol. The topological polar surface area (TPSA) is 100 Å². The van der Waals surface area contributed by atoms with Crippen LogP contribution in [0.15, 0.2) is 33.7 Å². The lowest BCUT2D eigenvalue weighted by Gasteiger charge is -2.16. The number of benzene rings is 1. The van der Waals surface area contributed by atoms with Gasteiger partial charge >= 0.3 is 0 Å². The van der Waals surface area contributed by atoms with Crippen molar-refractivity contribution >= 4 is 10.0 Å². The quantitative estimate of drug-likeness (QED) is 0.841. The molecule has 0 amide bonds. The number of sulfonamides is 1. The van der Waals surface area contributed by atoms with Gasteiger partial charge in [0.05, 0.1) is 22.4 Å². The molecule has 1 aliphatic carbocycles. The minimum Gasteiger partial charge on any atom is -0.339 e. The van der Waals surface area contributed by atoms with Gasteiger partial charge in [0.15, 0.2) is 5.82 Å². The van der Waals surface area contributed by atoms with Crippen molar-refractivity contribution in [3.05, 3.63) is 41.5 Å². The van der Waals surface area contributed by atoms with Crippen molar-refractivity contribution in [1.29, 1.82) is 5.26 Å². The summed E-state index contributed by atoms with van der Waals surface area (Å²) >= 11 is 0. The van der Waals surface area contributed by atoms with Crippen LogP contribution in [0.25, 0.3) is 0 Å². The van der Waals surface area contributed by atoms with Crippen molar-refractivity contribution in [2.45, 2.75) is 36.0 Å². The average Bonchev–Trinajstić information content (AvgIpc) is 3.13. The Morgan fingerprint density at radius 3 is 2.83 bits per heavy atom. The molecule has 1 aliphatic heterocycles. The Morgan fingerprint density at radius 2 is 2.08 bits per heavy atom. The molecule has 1 aromatic carbocycles. The number of rotatable bonds is 4. The van der Waals surface area contributed by atoms with E-state index in [2.05, 4.69) is 10.1 Å². The van der Waals surface area contributed by atoms with Crippen LogP contribution in [0.1, 0.15) is 48.4 Å². The van der Waals surface area contributed by atoms with Gasteiger partial charge in [-0.15, -0.1) is 0 Å². The molecule has 2 aliphatic rings. The summed E-state index contributed by atoms with van der Waals surface area (Å²) in [7, 11) is -3.62. The lowest BCUT2D eigenvalue weighted by molar-refractivity contribution is 0.350. The molecular formula is C16H16N4O3S. The highest BCUT2D eigenvalue weighted by molar-refractivity contribution is 7.89. The van der Waals surface area contributed by atoms with Crippen LogP contribution in [0.5, 0.6) is 0 Å². The zero-order valence-electron chi connectivity index (χ0n) is 12.9. The molecule has 8 heteroatoms.